The van der Waals surface area contributed by atoms with Crippen LogP contribution in [0, 0.1) is 0 Å². The molecule has 7 heteroatoms. The summed E-state index contributed by atoms with van der Waals surface area (Å²) in [6, 6.07) is 5.58. The van der Waals surface area contributed by atoms with Crippen LogP contribution >= 0.6 is 15.9 Å². The number of aromatic nitrogens is 3. The molecule has 0 radical (unpaired) electrons. The summed E-state index contributed by atoms with van der Waals surface area (Å²) in [5, 5.41) is 7.70. The minimum Gasteiger partial charge on any atom is -0.496 e. The molecular weight excluding hydrogens is 324 g/mol. The summed E-state index contributed by atoms with van der Waals surface area (Å²) in [6.45, 7) is 0.482. The number of nitrogens with zero attached hydrogens (tertiary/aromatic N) is 3. The summed E-state index contributed by atoms with van der Waals surface area (Å²) in [4.78, 5) is 12.1. The van der Waals surface area contributed by atoms with Gasteiger partial charge in [0.1, 0.15) is 12.3 Å². The van der Waals surface area contributed by atoms with Gasteiger partial charge in [-0.25, -0.2) is 4.68 Å². The minimum absolute atomic E-state index is 0.0230. The number of halogens is 1. The molecule has 106 valence electrons. The van der Waals surface area contributed by atoms with Gasteiger partial charge in [0.2, 0.25) is 0 Å². The summed E-state index contributed by atoms with van der Waals surface area (Å²) in [7, 11) is 1.59. The van der Waals surface area contributed by atoms with Crippen molar-refractivity contribution in [3.05, 3.63) is 40.1 Å². The molecule has 1 heterocycles. The van der Waals surface area contributed by atoms with Crippen LogP contribution in [-0.2, 0) is 24.3 Å². The third kappa shape index (κ3) is 3.64. The summed E-state index contributed by atoms with van der Waals surface area (Å²) >= 11 is 3.39. The number of carbonyl (C=O) groups excluding carboxylic acids is 1. The van der Waals surface area contributed by atoms with Crippen LogP contribution in [0.3, 0.4) is 0 Å². The minimum atomic E-state index is 0.0230. The molecule has 0 saturated heterocycles. The van der Waals surface area contributed by atoms with Crippen molar-refractivity contribution in [3.8, 4) is 5.75 Å². The monoisotopic (exact) mass is 338 g/mol. The van der Waals surface area contributed by atoms with E-state index in [0.29, 0.717) is 18.0 Å². The maximum atomic E-state index is 12.1. The first-order chi connectivity index (χ1) is 9.62. The Hall–Kier alpha value is -1.73. The van der Waals surface area contributed by atoms with E-state index >= 15 is 0 Å². The Morgan fingerprint density at radius 2 is 2.30 bits per heavy atom. The topological polar surface area (TPSA) is 83.0 Å². The third-order valence-corrected chi connectivity index (χ3v) is 3.26. The second-order valence-electron chi connectivity index (χ2n) is 4.28. The van der Waals surface area contributed by atoms with Crippen LogP contribution in [0.1, 0.15) is 11.3 Å². The average Bonchev–Trinajstić information content (AvgIpc) is 2.86. The first-order valence-corrected chi connectivity index (χ1v) is 6.85. The number of Topliss-reactive ketones (excluding diaryl/α,β-unsaturated/α-hetero) is 1. The second-order valence-corrected chi connectivity index (χ2v) is 5.20. The lowest BCUT2D eigenvalue weighted by molar-refractivity contribution is -0.119. The van der Waals surface area contributed by atoms with E-state index in [0.717, 1.165) is 10.0 Å². The molecule has 0 bridgehead atoms. The molecule has 1 aromatic heterocycles. The quantitative estimate of drug-likeness (QED) is 0.858. The SMILES string of the molecule is COc1ccc(Br)cc1CC(=O)Cn1cc(CN)nn1. The fourth-order valence-corrected chi connectivity index (χ4v) is 2.25. The van der Waals surface area contributed by atoms with Crippen molar-refractivity contribution >= 4 is 21.7 Å². The van der Waals surface area contributed by atoms with Crippen LogP contribution in [0.5, 0.6) is 5.75 Å². The fourth-order valence-electron chi connectivity index (χ4n) is 1.84. The molecule has 0 unspecified atom stereocenters. The Kier molecular flexibility index (Phi) is 4.86. The Labute approximate surface area is 125 Å². The molecule has 0 spiro atoms. The summed E-state index contributed by atoms with van der Waals surface area (Å²) < 4.78 is 7.65. The highest BCUT2D eigenvalue weighted by atomic mass is 79.9. The van der Waals surface area contributed by atoms with E-state index in [2.05, 4.69) is 26.2 Å². The van der Waals surface area contributed by atoms with Gasteiger partial charge in [-0.2, -0.15) is 0 Å². The summed E-state index contributed by atoms with van der Waals surface area (Å²) in [5.41, 5.74) is 6.95. The van der Waals surface area contributed by atoms with E-state index in [1.807, 2.05) is 18.2 Å². The molecule has 0 atom stereocenters. The van der Waals surface area contributed by atoms with E-state index in [1.54, 1.807) is 13.3 Å². The lowest BCUT2D eigenvalue weighted by Gasteiger charge is -2.08. The smallest absolute Gasteiger partial charge is 0.158 e. The van der Waals surface area contributed by atoms with Gasteiger partial charge in [-0.15, -0.1) is 5.10 Å². The Balaban J connectivity index is 2.06. The van der Waals surface area contributed by atoms with Crippen LogP contribution in [0.25, 0.3) is 0 Å². The van der Waals surface area contributed by atoms with Crippen LogP contribution in [0.4, 0.5) is 0 Å². The zero-order valence-electron chi connectivity index (χ0n) is 11.0. The average molecular weight is 339 g/mol. The van der Waals surface area contributed by atoms with Crippen molar-refractivity contribution in [3.63, 3.8) is 0 Å². The number of ether oxygens (including phenoxy) is 1. The highest BCUT2D eigenvalue weighted by Crippen LogP contribution is 2.23. The van der Waals surface area contributed by atoms with Crippen molar-refractivity contribution < 1.29 is 9.53 Å². The largest absolute Gasteiger partial charge is 0.496 e. The Morgan fingerprint density at radius 1 is 1.50 bits per heavy atom. The number of hydrogen-bond acceptors (Lipinski definition) is 5. The number of ketones is 1. The number of benzene rings is 1. The van der Waals surface area contributed by atoms with Gasteiger partial charge in [0.05, 0.1) is 19.0 Å². The first-order valence-electron chi connectivity index (χ1n) is 6.05. The highest BCUT2D eigenvalue weighted by Gasteiger charge is 2.11. The van der Waals surface area contributed by atoms with Crippen LogP contribution in [0.2, 0.25) is 0 Å². The Morgan fingerprint density at radius 3 is 2.95 bits per heavy atom. The predicted octanol–water partition coefficient (Wildman–Crippen LogP) is 1.32. The molecule has 0 aliphatic rings. The van der Waals surface area contributed by atoms with Gasteiger partial charge in [0.25, 0.3) is 0 Å². The van der Waals surface area contributed by atoms with Crippen molar-refractivity contribution in [1.29, 1.82) is 0 Å². The molecule has 2 rings (SSSR count). The van der Waals surface area contributed by atoms with Crippen LogP contribution < -0.4 is 10.5 Å². The maximum Gasteiger partial charge on any atom is 0.158 e. The van der Waals surface area contributed by atoms with Crippen LogP contribution in [-0.4, -0.2) is 27.9 Å². The molecule has 1 aromatic carbocycles. The van der Waals surface area contributed by atoms with Crippen molar-refractivity contribution in [2.24, 2.45) is 5.73 Å². The molecule has 0 fully saturated rings. The van der Waals surface area contributed by atoms with Crippen molar-refractivity contribution in [1.82, 2.24) is 15.0 Å². The van der Waals surface area contributed by atoms with Crippen molar-refractivity contribution in [2.45, 2.75) is 19.5 Å². The standard InChI is InChI=1S/C13H15BrN4O2/c1-20-13-3-2-10(14)4-9(13)5-12(19)8-18-7-11(6-15)16-17-18/h2-4,7H,5-6,8,15H2,1H3. The van der Waals surface area contributed by atoms with E-state index in [9.17, 15) is 4.79 Å². The van der Waals surface area contributed by atoms with Crippen molar-refractivity contribution in [2.75, 3.05) is 7.11 Å². The molecule has 6 nitrogen and oxygen atoms in total. The lowest BCUT2D eigenvalue weighted by Crippen LogP contribution is -2.13. The van der Waals surface area contributed by atoms with Gasteiger partial charge in [-0.05, 0) is 18.2 Å². The second kappa shape index (κ2) is 6.62. The number of nitrogens with two attached hydrogens (primary N) is 1. The predicted molar refractivity (Wildman–Crippen MR) is 77.3 cm³/mol. The van der Waals surface area contributed by atoms with Gasteiger partial charge in [0.15, 0.2) is 5.78 Å². The van der Waals surface area contributed by atoms with E-state index in [1.165, 1.54) is 4.68 Å². The zero-order chi connectivity index (χ0) is 14.5. The molecule has 0 amide bonds. The van der Waals surface area contributed by atoms with Gasteiger partial charge < -0.3 is 10.5 Å². The highest BCUT2D eigenvalue weighted by molar-refractivity contribution is 9.10. The molecule has 0 saturated carbocycles. The number of hydrogen-bond donors (Lipinski definition) is 1. The first kappa shape index (κ1) is 14.7. The molecule has 20 heavy (non-hydrogen) atoms. The fraction of sp³-hybridized carbons (Fsp3) is 0.308. The molecular formula is C13H15BrN4O2. The zero-order valence-corrected chi connectivity index (χ0v) is 12.6. The third-order valence-electron chi connectivity index (χ3n) is 2.76. The summed E-state index contributed by atoms with van der Waals surface area (Å²) in [5.74, 6) is 0.720. The molecule has 2 aromatic rings. The van der Waals surface area contributed by atoms with E-state index in [4.69, 9.17) is 10.5 Å². The molecule has 2 N–H and O–H groups in total. The van der Waals surface area contributed by atoms with Gasteiger partial charge >= 0.3 is 0 Å². The Bertz CT molecular complexity index is 612. The van der Waals surface area contributed by atoms with Gasteiger partial charge in [-0.1, -0.05) is 21.1 Å². The number of rotatable bonds is 6. The van der Waals surface area contributed by atoms with Crippen LogP contribution in [0.15, 0.2) is 28.9 Å². The number of carbonyl (C=O) groups is 1. The van der Waals surface area contributed by atoms with Gasteiger partial charge in [-0.3, -0.25) is 4.79 Å². The van der Waals surface area contributed by atoms with E-state index in [-0.39, 0.29) is 18.7 Å². The molecule has 0 aliphatic heterocycles. The normalized spacial score (nSPS) is 10.6. The van der Waals surface area contributed by atoms with E-state index < -0.39 is 0 Å². The maximum absolute atomic E-state index is 12.1. The van der Waals surface area contributed by atoms with Gasteiger partial charge in [0, 0.05) is 23.0 Å². The summed E-state index contributed by atoms with van der Waals surface area (Å²) in [6.07, 6.45) is 1.95. The lowest BCUT2D eigenvalue weighted by atomic mass is 10.1. The number of methoxy groups -OCH3 is 1. The molecule has 0 aliphatic carbocycles.